The summed E-state index contributed by atoms with van der Waals surface area (Å²) >= 11 is 0. The highest BCUT2D eigenvalue weighted by atomic mass is 15.1. The van der Waals surface area contributed by atoms with Crippen LogP contribution < -0.4 is 4.90 Å². The van der Waals surface area contributed by atoms with Gasteiger partial charge < -0.3 is 4.90 Å². The Labute approximate surface area is 276 Å². The van der Waals surface area contributed by atoms with Crippen LogP contribution in [0.3, 0.4) is 0 Å². The molecule has 0 aromatic heterocycles. The molecule has 8 rings (SSSR count). The van der Waals surface area contributed by atoms with Gasteiger partial charge in [-0.05, 0) is 104 Å². The zero-order valence-electron chi connectivity index (χ0n) is 26.0. The van der Waals surface area contributed by atoms with E-state index in [2.05, 4.69) is 205 Å². The molecule has 0 aliphatic carbocycles. The van der Waals surface area contributed by atoms with Crippen LogP contribution in [0.2, 0.25) is 0 Å². The van der Waals surface area contributed by atoms with Crippen LogP contribution in [0, 0.1) is 0 Å². The molecule has 47 heavy (non-hydrogen) atoms. The molecule has 8 aromatic carbocycles. The van der Waals surface area contributed by atoms with Gasteiger partial charge in [-0.1, -0.05) is 152 Å². The highest BCUT2D eigenvalue weighted by Gasteiger charge is 2.15. The van der Waals surface area contributed by atoms with E-state index in [1.54, 1.807) is 0 Å². The number of fused-ring (bicyclic) bond motifs is 1. The number of hydrogen-bond acceptors (Lipinski definition) is 1. The quantitative estimate of drug-likeness (QED) is 0.176. The maximum atomic E-state index is 2.34. The van der Waals surface area contributed by atoms with Gasteiger partial charge in [0, 0.05) is 17.1 Å². The maximum absolute atomic E-state index is 2.34. The van der Waals surface area contributed by atoms with Crippen molar-refractivity contribution in [1.29, 1.82) is 0 Å². The molecule has 1 nitrogen and oxygen atoms in total. The van der Waals surface area contributed by atoms with Gasteiger partial charge in [0.05, 0.1) is 0 Å². The van der Waals surface area contributed by atoms with Crippen molar-refractivity contribution in [2.75, 3.05) is 4.90 Å². The predicted octanol–water partition coefficient (Wildman–Crippen LogP) is 13.0. The molecular weight excluding hydrogens is 567 g/mol. The van der Waals surface area contributed by atoms with Gasteiger partial charge in [0.1, 0.15) is 0 Å². The average molecular weight is 600 g/mol. The third kappa shape index (κ3) is 5.83. The topological polar surface area (TPSA) is 3.24 Å². The minimum Gasteiger partial charge on any atom is -0.311 e. The fourth-order valence-corrected chi connectivity index (χ4v) is 6.45. The molecule has 0 aliphatic heterocycles. The van der Waals surface area contributed by atoms with Crippen molar-refractivity contribution in [3.8, 4) is 44.5 Å². The monoisotopic (exact) mass is 599 g/mol. The molecule has 0 heterocycles. The van der Waals surface area contributed by atoms with Gasteiger partial charge in [-0.2, -0.15) is 0 Å². The fourth-order valence-electron chi connectivity index (χ4n) is 6.45. The number of benzene rings is 8. The number of rotatable bonds is 7. The zero-order valence-corrected chi connectivity index (χ0v) is 26.0. The van der Waals surface area contributed by atoms with Gasteiger partial charge in [0.2, 0.25) is 0 Å². The molecule has 0 bridgehead atoms. The van der Waals surface area contributed by atoms with Crippen molar-refractivity contribution in [3.05, 3.63) is 200 Å². The second kappa shape index (κ2) is 12.7. The van der Waals surface area contributed by atoms with Gasteiger partial charge in [-0.25, -0.2) is 0 Å². The summed E-state index contributed by atoms with van der Waals surface area (Å²) in [6.45, 7) is 0. The molecule has 0 saturated carbocycles. The first kappa shape index (κ1) is 28.3. The Kier molecular flexibility index (Phi) is 7.63. The zero-order chi connectivity index (χ0) is 31.4. The highest BCUT2D eigenvalue weighted by molar-refractivity contribution is 6.00. The van der Waals surface area contributed by atoms with Crippen LogP contribution in [0.4, 0.5) is 17.1 Å². The Morgan fingerprint density at radius 1 is 0.255 bits per heavy atom. The number of anilines is 3. The number of nitrogens with zero attached hydrogens (tertiary/aromatic N) is 1. The predicted molar refractivity (Wildman–Crippen MR) is 200 cm³/mol. The van der Waals surface area contributed by atoms with Crippen molar-refractivity contribution in [2.24, 2.45) is 0 Å². The van der Waals surface area contributed by atoms with Crippen LogP contribution in [0.5, 0.6) is 0 Å². The second-order valence-corrected chi connectivity index (χ2v) is 11.8. The molecule has 0 saturated heterocycles. The van der Waals surface area contributed by atoms with Gasteiger partial charge >= 0.3 is 0 Å². The van der Waals surface area contributed by atoms with Crippen molar-refractivity contribution in [1.82, 2.24) is 0 Å². The van der Waals surface area contributed by atoms with E-state index >= 15 is 0 Å². The molecule has 0 spiro atoms. The minimum atomic E-state index is 1.11. The van der Waals surface area contributed by atoms with E-state index in [4.69, 9.17) is 0 Å². The van der Waals surface area contributed by atoms with E-state index in [1.165, 1.54) is 55.3 Å². The summed E-state index contributed by atoms with van der Waals surface area (Å²) in [6, 6.07) is 71.8. The lowest BCUT2D eigenvalue weighted by atomic mass is 9.93. The van der Waals surface area contributed by atoms with E-state index < -0.39 is 0 Å². The smallest absolute Gasteiger partial charge is 0.0462 e. The first-order chi connectivity index (χ1) is 23.3. The van der Waals surface area contributed by atoms with Gasteiger partial charge in [-0.15, -0.1) is 0 Å². The first-order valence-corrected chi connectivity index (χ1v) is 16.1. The molecule has 0 radical (unpaired) electrons. The van der Waals surface area contributed by atoms with E-state index in [0.29, 0.717) is 0 Å². The molecule has 0 atom stereocenters. The van der Waals surface area contributed by atoms with E-state index in [-0.39, 0.29) is 0 Å². The fraction of sp³-hybridized carbons (Fsp3) is 0. The Morgan fingerprint density at radius 3 is 1.09 bits per heavy atom. The van der Waals surface area contributed by atoms with E-state index in [9.17, 15) is 0 Å². The maximum Gasteiger partial charge on any atom is 0.0462 e. The van der Waals surface area contributed by atoms with E-state index in [0.717, 1.165) is 17.1 Å². The van der Waals surface area contributed by atoms with Crippen molar-refractivity contribution in [2.45, 2.75) is 0 Å². The molecular formula is C46H33N. The summed E-state index contributed by atoms with van der Waals surface area (Å²) in [5.41, 5.74) is 13.0. The molecule has 222 valence electrons. The normalized spacial score (nSPS) is 11.0. The van der Waals surface area contributed by atoms with Crippen molar-refractivity contribution in [3.63, 3.8) is 0 Å². The van der Waals surface area contributed by atoms with Crippen LogP contribution >= 0.6 is 0 Å². The van der Waals surface area contributed by atoms with E-state index in [1.807, 2.05) is 0 Å². The van der Waals surface area contributed by atoms with Crippen LogP contribution in [0.1, 0.15) is 0 Å². The third-order valence-corrected chi connectivity index (χ3v) is 8.87. The molecule has 8 aromatic rings. The molecule has 0 N–H and O–H groups in total. The van der Waals surface area contributed by atoms with Gasteiger partial charge in [0.15, 0.2) is 0 Å². The Bertz CT molecular complexity index is 2150. The SMILES string of the molecule is c1ccc(-c2ccc(N(c3ccc(-c4ccccc4)cc3)c3ccc(-c4cc(-c5ccccc5)cc5ccccc45)cc3)cc2)cc1. The standard InChI is InChI=1S/C46H33N/c1-4-12-34(13-5-1)37-20-26-42(27-21-37)47(43-28-22-38(23-29-43)35-14-6-2-7-15-35)44-30-24-39(25-31-44)46-33-41(36-16-8-3-9-17-36)32-40-18-10-11-19-45(40)46/h1-33H. The second-order valence-electron chi connectivity index (χ2n) is 11.8. The first-order valence-electron chi connectivity index (χ1n) is 16.1. The van der Waals surface area contributed by atoms with Gasteiger partial charge in [-0.3, -0.25) is 0 Å². The van der Waals surface area contributed by atoms with Crippen LogP contribution in [-0.4, -0.2) is 0 Å². The molecule has 0 aliphatic rings. The molecule has 0 amide bonds. The summed E-state index contributed by atoms with van der Waals surface area (Å²) < 4.78 is 0. The van der Waals surface area contributed by atoms with Crippen molar-refractivity contribution < 1.29 is 0 Å². The molecule has 0 unspecified atom stereocenters. The summed E-state index contributed by atoms with van der Waals surface area (Å²) in [7, 11) is 0. The lowest BCUT2D eigenvalue weighted by Gasteiger charge is -2.26. The van der Waals surface area contributed by atoms with Crippen LogP contribution in [0.25, 0.3) is 55.3 Å². The van der Waals surface area contributed by atoms with Gasteiger partial charge in [0.25, 0.3) is 0 Å². The molecule has 0 fully saturated rings. The minimum absolute atomic E-state index is 1.11. The number of hydrogen-bond donors (Lipinski definition) is 0. The summed E-state index contributed by atoms with van der Waals surface area (Å²) in [6.07, 6.45) is 0. The largest absolute Gasteiger partial charge is 0.311 e. The Balaban J connectivity index is 1.20. The summed E-state index contributed by atoms with van der Waals surface area (Å²) in [5, 5.41) is 2.50. The molecule has 1 heteroatoms. The average Bonchev–Trinajstić information content (AvgIpc) is 3.16. The summed E-state index contributed by atoms with van der Waals surface area (Å²) in [5.74, 6) is 0. The Morgan fingerprint density at radius 2 is 0.617 bits per heavy atom. The van der Waals surface area contributed by atoms with Crippen LogP contribution in [-0.2, 0) is 0 Å². The third-order valence-electron chi connectivity index (χ3n) is 8.87. The summed E-state index contributed by atoms with van der Waals surface area (Å²) in [4.78, 5) is 2.34. The van der Waals surface area contributed by atoms with Crippen LogP contribution in [0.15, 0.2) is 200 Å². The lowest BCUT2D eigenvalue weighted by Crippen LogP contribution is -2.09. The van der Waals surface area contributed by atoms with Crippen molar-refractivity contribution >= 4 is 27.8 Å². The lowest BCUT2D eigenvalue weighted by molar-refractivity contribution is 1.28. The highest BCUT2D eigenvalue weighted by Crippen LogP contribution is 2.39. The Hall–Kier alpha value is -6.18.